The van der Waals surface area contributed by atoms with Crippen LogP contribution in [-0.2, 0) is 11.2 Å². The summed E-state index contributed by atoms with van der Waals surface area (Å²) < 4.78 is 0. The van der Waals surface area contributed by atoms with Crippen LogP contribution in [0.3, 0.4) is 0 Å². The van der Waals surface area contributed by atoms with Gasteiger partial charge in [0.1, 0.15) is 0 Å². The van der Waals surface area contributed by atoms with Crippen LogP contribution in [0, 0.1) is 11.3 Å². The molecule has 2 rings (SSSR count). The third-order valence-corrected chi connectivity index (χ3v) is 2.79. The smallest absolute Gasteiger partial charge is 0.226 e. The number of carbonyl (C=O) groups is 1. The highest BCUT2D eigenvalue weighted by Crippen LogP contribution is 2.26. The van der Waals surface area contributed by atoms with Gasteiger partial charge in [-0.15, -0.1) is 0 Å². The number of nitrogens with zero attached hydrogens (tertiary/aromatic N) is 2. The third-order valence-electron chi connectivity index (χ3n) is 2.79. The molecule has 0 spiro atoms. The van der Waals surface area contributed by atoms with Crippen LogP contribution >= 0.6 is 0 Å². The van der Waals surface area contributed by atoms with E-state index in [0.29, 0.717) is 12.0 Å². The summed E-state index contributed by atoms with van der Waals surface area (Å²) in [5.41, 5.74) is 2.65. The molecule has 1 amide bonds. The van der Waals surface area contributed by atoms with E-state index in [1.807, 2.05) is 12.1 Å². The van der Waals surface area contributed by atoms with Crippen LogP contribution in [0.4, 0.5) is 5.69 Å². The summed E-state index contributed by atoms with van der Waals surface area (Å²) >= 11 is 0. The highest BCUT2D eigenvalue weighted by atomic mass is 16.2. The molecular weight excluding hydrogens is 188 g/mol. The third kappa shape index (κ3) is 1.71. The van der Waals surface area contributed by atoms with E-state index in [4.69, 9.17) is 5.26 Å². The van der Waals surface area contributed by atoms with Crippen LogP contribution in [0.15, 0.2) is 18.2 Å². The molecule has 0 unspecified atom stereocenters. The number of nitriles is 1. The molecule has 15 heavy (non-hydrogen) atoms. The summed E-state index contributed by atoms with van der Waals surface area (Å²) in [5.74, 6) is 0.129. The lowest BCUT2D eigenvalue weighted by molar-refractivity contribution is -0.118. The topological polar surface area (TPSA) is 44.1 Å². The van der Waals surface area contributed by atoms with Crippen molar-refractivity contribution in [1.82, 2.24) is 0 Å². The van der Waals surface area contributed by atoms with E-state index in [9.17, 15) is 4.79 Å². The van der Waals surface area contributed by atoms with Gasteiger partial charge in [0.15, 0.2) is 0 Å². The largest absolute Gasteiger partial charge is 0.315 e. The van der Waals surface area contributed by atoms with Gasteiger partial charge in [-0.25, -0.2) is 0 Å². The minimum absolute atomic E-state index is 0.129. The van der Waals surface area contributed by atoms with E-state index in [1.54, 1.807) is 18.0 Å². The van der Waals surface area contributed by atoms with Gasteiger partial charge in [0, 0.05) is 19.2 Å². The molecule has 0 atom stereocenters. The normalized spacial score (nSPS) is 15.5. The first-order valence-electron chi connectivity index (χ1n) is 5.02. The molecule has 1 aromatic carbocycles. The number of aryl methyl sites for hydroxylation is 1. The molecule has 76 valence electrons. The predicted octanol–water partition coefficient (Wildman–Crippen LogP) is 1.86. The number of rotatable bonds is 0. The van der Waals surface area contributed by atoms with Gasteiger partial charge < -0.3 is 4.90 Å². The van der Waals surface area contributed by atoms with Gasteiger partial charge in [0.2, 0.25) is 5.91 Å². The van der Waals surface area contributed by atoms with Crippen molar-refractivity contribution < 1.29 is 4.79 Å². The Hall–Kier alpha value is -1.82. The first-order chi connectivity index (χ1) is 7.22. The maximum Gasteiger partial charge on any atom is 0.226 e. The van der Waals surface area contributed by atoms with Crippen LogP contribution < -0.4 is 4.90 Å². The van der Waals surface area contributed by atoms with Crippen molar-refractivity contribution >= 4 is 11.6 Å². The lowest BCUT2D eigenvalue weighted by Gasteiger charge is -2.17. The summed E-state index contributed by atoms with van der Waals surface area (Å²) in [6.45, 7) is 0. The number of fused-ring (bicyclic) bond motifs is 1. The van der Waals surface area contributed by atoms with E-state index in [2.05, 4.69) is 6.07 Å². The fourth-order valence-corrected chi connectivity index (χ4v) is 1.89. The average molecular weight is 200 g/mol. The van der Waals surface area contributed by atoms with Crippen LogP contribution in [0.5, 0.6) is 0 Å². The van der Waals surface area contributed by atoms with E-state index in [0.717, 1.165) is 24.1 Å². The SMILES string of the molecule is CN1C(=O)CCCc2ccc(C#N)cc21. The number of anilines is 1. The van der Waals surface area contributed by atoms with Gasteiger partial charge in [0.25, 0.3) is 0 Å². The molecule has 1 aliphatic heterocycles. The van der Waals surface area contributed by atoms with E-state index >= 15 is 0 Å². The fourth-order valence-electron chi connectivity index (χ4n) is 1.89. The van der Waals surface area contributed by atoms with Crippen molar-refractivity contribution in [2.24, 2.45) is 0 Å². The van der Waals surface area contributed by atoms with Crippen LogP contribution in [0.25, 0.3) is 0 Å². The van der Waals surface area contributed by atoms with Crippen molar-refractivity contribution in [3.05, 3.63) is 29.3 Å². The maximum absolute atomic E-state index is 11.6. The van der Waals surface area contributed by atoms with Crippen LogP contribution in [-0.4, -0.2) is 13.0 Å². The molecule has 0 aromatic heterocycles. The van der Waals surface area contributed by atoms with Gasteiger partial charge in [-0.05, 0) is 30.5 Å². The Labute approximate surface area is 88.9 Å². The summed E-state index contributed by atoms with van der Waals surface area (Å²) in [7, 11) is 1.77. The Kier molecular flexibility index (Phi) is 2.42. The standard InChI is InChI=1S/C12H12N2O/c1-14-11-7-9(8-13)5-6-10(11)3-2-4-12(14)15/h5-7H,2-4H2,1H3. The summed E-state index contributed by atoms with van der Waals surface area (Å²) in [4.78, 5) is 13.3. The Balaban J connectivity index is 2.51. The van der Waals surface area contributed by atoms with Crippen molar-refractivity contribution in [3.8, 4) is 6.07 Å². The summed E-state index contributed by atoms with van der Waals surface area (Å²) in [6, 6.07) is 7.64. The zero-order valence-electron chi connectivity index (χ0n) is 8.66. The Morgan fingerprint density at radius 2 is 2.20 bits per heavy atom. The van der Waals surface area contributed by atoms with Gasteiger partial charge in [-0.1, -0.05) is 6.07 Å². The minimum atomic E-state index is 0.129. The van der Waals surface area contributed by atoms with Crippen molar-refractivity contribution in [3.63, 3.8) is 0 Å². The van der Waals surface area contributed by atoms with Gasteiger partial charge >= 0.3 is 0 Å². The van der Waals surface area contributed by atoms with E-state index in [-0.39, 0.29) is 5.91 Å². The predicted molar refractivity (Wildman–Crippen MR) is 57.5 cm³/mol. The molecule has 3 nitrogen and oxygen atoms in total. The minimum Gasteiger partial charge on any atom is -0.315 e. The first kappa shape index (κ1) is 9.72. The van der Waals surface area contributed by atoms with Gasteiger partial charge in [0.05, 0.1) is 11.6 Å². The quantitative estimate of drug-likeness (QED) is 0.641. The molecule has 0 saturated heterocycles. The second kappa shape index (κ2) is 3.74. The second-order valence-corrected chi connectivity index (χ2v) is 3.76. The molecule has 1 aromatic rings. The highest BCUT2D eigenvalue weighted by molar-refractivity contribution is 5.94. The number of hydrogen-bond acceptors (Lipinski definition) is 2. The number of carbonyl (C=O) groups excluding carboxylic acids is 1. The van der Waals surface area contributed by atoms with Crippen LogP contribution in [0.2, 0.25) is 0 Å². The zero-order valence-corrected chi connectivity index (χ0v) is 8.66. The van der Waals surface area contributed by atoms with Gasteiger partial charge in [-0.3, -0.25) is 4.79 Å². The summed E-state index contributed by atoms with van der Waals surface area (Å²) in [5, 5.41) is 8.81. The van der Waals surface area contributed by atoms with E-state index in [1.165, 1.54) is 0 Å². The molecule has 0 bridgehead atoms. The lowest BCUT2D eigenvalue weighted by atomic mass is 10.1. The molecule has 0 saturated carbocycles. The van der Waals surface area contributed by atoms with Crippen molar-refractivity contribution in [2.75, 3.05) is 11.9 Å². The molecule has 1 heterocycles. The van der Waals surface area contributed by atoms with E-state index < -0.39 is 0 Å². The molecule has 0 fully saturated rings. The molecule has 0 aliphatic carbocycles. The second-order valence-electron chi connectivity index (χ2n) is 3.76. The Bertz CT molecular complexity index is 445. The highest BCUT2D eigenvalue weighted by Gasteiger charge is 2.18. The maximum atomic E-state index is 11.6. The monoisotopic (exact) mass is 200 g/mol. The molecular formula is C12H12N2O. The van der Waals surface area contributed by atoms with Gasteiger partial charge in [-0.2, -0.15) is 5.26 Å². The molecule has 1 aliphatic rings. The number of amides is 1. The lowest BCUT2D eigenvalue weighted by Crippen LogP contribution is -2.25. The summed E-state index contributed by atoms with van der Waals surface area (Å²) in [6.07, 6.45) is 2.40. The first-order valence-corrected chi connectivity index (χ1v) is 5.02. The van der Waals surface area contributed by atoms with Crippen molar-refractivity contribution in [2.45, 2.75) is 19.3 Å². The average Bonchev–Trinajstić information content (AvgIpc) is 2.40. The fraction of sp³-hybridized carbons (Fsp3) is 0.333. The molecule has 0 N–H and O–H groups in total. The van der Waals surface area contributed by atoms with Crippen LogP contribution in [0.1, 0.15) is 24.0 Å². The Morgan fingerprint density at radius 1 is 1.40 bits per heavy atom. The number of benzene rings is 1. The Morgan fingerprint density at radius 3 is 2.93 bits per heavy atom. The zero-order chi connectivity index (χ0) is 10.8. The molecule has 0 radical (unpaired) electrons. The van der Waals surface area contributed by atoms with Crippen molar-refractivity contribution in [1.29, 1.82) is 5.26 Å². The number of hydrogen-bond donors (Lipinski definition) is 0. The molecule has 3 heteroatoms.